The molecule has 2 N–H and O–H groups in total. The van der Waals surface area contributed by atoms with Crippen molar-refractivity contribution in [3.63, 3.8) is 0 Å². The number of rotatable bonds is 3. The summed E-state index contributed by atoms with van der Waals surface area (Å²) in [6.07, 6.45) is 0. The van der Waals surface area contributed by atoms with Crippen molar-refractivity contribution in [2.45, 2.75) is 4.90 Å². The molecule has 0 spiro atoms. The van der Waals surface area contributed by atoms with Crippen molar-refractivity contribution < 1.29 is 12.8 Å². The maximum Gasteiger partial charge on any atom is 0.240 e. The molecule has 0 bridgehead atoms. The lowest BCUT2D eigenvalue weighted by molar-refractivity contribution is 0.596. The smallest absolute Gasteiger partial charge is 0.229 e. The lowest BCUT2D eigenvalue weighted by atomic mass is 10.1. The van der Waals surface area contributed by atoms with Gasteiger partial charge in [-0.15, -0.1) is 0 Å². The third-order valence-corrected chi connectivity index (χ3v) is 4.77. The molecule has 1 aromatic heterocycles. The van der Waals surface area contributed by atoms with Crippen molar-refractivity contribution in [1.82, 2.24) is 9.78 Å². The van der Waals surface area contributed by atoms with Crippen LogP contribution in [0.2, 0.25) is 5.02 Å². The Morgan fingerprint density at radius 1 is 1.16 bits per heavy atom. The van der Waals surface area contributed by atoms with Crippen LogP contribution in [-0.2, 0) is 10.0 Å². The van der Waals surface area contributed by atoms with Crippen molar-refractivity contribution in [2.24, 2.45) is 5.14 Å². The Labute approximate surface area is 147 Å². The second-order valence-electron chi connectivity index (χ2n) is 5.05. The van der Waals surface area contributed by atoms with Crippen LogP contribution in [0.5, 0.6) is 0 Å². The van der Waals surface area contributed by atoms with Gasteiger partial charge >= 0.3 is 0 Å². The van der Waals surface area contributed by atoms with E-state index in [1.165, 1.54) is 47.1 Å². The van der Waals surface area contributed by atoms with Gasteiger partial charge in [-0.25, -0.2) is 22.6 Å². The van der Waals surface area contributed by atoms with Crippen molar-refractivity contribution in [3.05, 3.63) is 65.1 Å². The molecule has 1 heterocycles. The van der Waals surface area contributed by atoms with Crippen molar-refractivity contribution in [3.8, 4) is 23.0 Å². The molecule has 0 aliphatic heterocycles. The van der Waals surface area contributed by atoms with Crippen molar-refractivity contribution in [2.75, 3.05) is 0 Å². The second kappa shape index (κ2) is 6.29. The van der Waals surface area contributed by atoms with E-state index in [2.05, 4.69) is 5.10 Å². The first kappa shape index (κ1) is 17.1. The van der Waals surface area contributed by atoms with Crippen LogP contribution < -0.4 is 5.14 Å². The van der Waals surface area contributed by atoms with E-state index in [0.29, 0.717) is 5.56 Å². The molecular weight excluding hydrogens is 367 g/mol. The Bertz CT molecular complexity index is 1100. The van der Waals surface area contributed by atoms with Gasteiger partial charge in [-0.1, -0.05) is 23.7 Å². The first-order chi connectivity index (χ1) is 11.8. The number of primary sulfonamides is 1. The van der Waals surface area contributed by atoms with Gasteiger partial charge in [-0.05, 0) is 36.4 Å². The van der Waals surface area contributed by atoms with Crippen LogP contribution in [0.25, 0.3) is 16.9 Å². The number of hydrogen-bond donors (Lipinski definition) is 1. The Morgan fingerprint density at radius 3 is 2.40 bits per heavy atom. The summed E-state index contributed by atoms with van der Waals surface area (Å²) in [5.41, 5.74) is 0.761. The predicted molar refractivity (Wildman–Crippen MR) is 90.1 cm³/mol. The van der Waals surface area contributed by atoms with Crippen LogP contribution in [0.3, 0.4) is 0 Å². The summed E-state index contributed by atoms with van der Waals surface area (Å²) in [6, 6.07) is 13.1. The fourth-order valence-electron chi connectivity index (χ4n) is 2.37. The number of aromatic nitrogens is 2. The molecule has 0 aliphatic rings. The van der Waals surface area contributed by atoms with Gasteiger partial charge in [-0.2, -0.15) is 10.4 Å². The Hall–Kier alpha value is -2.73. The van der Waals surface area contributed by atoms with Gasteiger partial charge in [0.05, 0.1) is 11.4 Å². The Kier molecular flexibility index (Phi) is 4.30. The number of sulfonamides is 1. The zero-order valence-electron chi connectivity index (χ0n) is 12.5. The highest BCUT2D eigenvalue weighted by Gasteiger charge is 2.23. The molecule has 0 radical (unpaired) electrons. The standard InChI is InChI=1S/C16H10ClFN4O2S/c17-15-12(9-19)21-22(16(15)10-5-7-11(18)8-6-10)13-3-1-2-4-14(13)25(20,23)24/h1-8H,(H2,20,23,24). The summed E-state index contributed by atoms with van der Waals surface area (Å²) in [5.74, 6) is -0.448. The molecule has 3 rings (SSSR count). The van der Waals surface area contributed by atoms with Gasteiger partial charge in [0, 0.05) is 5.56 Å². The van der Waals surface area contributed by atoms with E-state index in [-0.39, 0.29) is 27.0 Å². The van der Waals surface area contributed by atoms with E-state index in [4.69, 9.17) is 16.7 Å². The van der Waals surface area contributed by atoms with Gasteiger partial charge < -0.3 is 0 Å². The van der Waals surface area contributed by atoms with Gasteiger partial charge in [0.2, 0.25) is 10.0 Å². The zero-order chi connectivity index (χ0) is 18.2. The zero-order valence-corrected chi connectivity index (χ0v) is 14.1. The molecule has 0 saturated carbocycles. The topological polar surface area (TPSA) is 102 Å². The van der Waals surface area contributed by atoms with Crippen molar-refractivity contribution >= 4 is 21.6 Å². The monoisotopic (exact) mass is 376 g/mol. The number of nitrogens with zero attached hydrogens (tertiary/aromatic N) is 3. The first-order valence-corrected chi connectivity index (χ1v) is 8.82. The molecule has 0 atom stereocenters. The van der Waals surface area contributed by atoms with Crippen LogP contribution in [-0.4, -0.2) is 18.2 Å². The van der Waals surface area contributed by atoms with Gasteiger partial charge in [-0.3, -0.25) is 0 Å². The lowest BCUT2D eigenvalue weighted by Gasteiger charge is -2.11. The third kappa shape index (κ3) is 3.13. The summed E-state index contributed by atoms with van der Waals surface area (Å²) in [6.45, 7) is 0. The summed E-state index contributed by atoms with van der Waals surface area (Å²) in [5, 5.41) is 18.6. The molecule has 0 fully saturated rings. The normalized spacial score (nSPS) is 11.3. The molecule has 9 heteroatoms. The van der Waals surface area contributed by atoms with Crippen molar-refractivity contribution in [1.29, 1.82) is 5.26 Å². The van der Waals surface area contributed by atoms with E-state index < -0.39 is 15.8 Å². The molecule has 0 saturated heterocycles. The number of hydrogen-bond acceptors (Lipinski definition) is 4. The average Bonchev–Trinajstić information content (AvgIpc) is 2.91. The largest absolute Gasteiger partial charge is 0.240 e. The highest BCUT2D eigenvalue weighted by Crippen LogP contribution is 2.34. The SMILES string of the molecule is N#Cc1nn(-c2ccccc2S(N)(=O)=O)c(-c2ccc(F)cc2)c1Cl. The minimum Gasteiger partial charge on any atom is -0.229 e. The molecule has 2 aromatic carbocycles. The number of nitrogens with two attached hydrogens (primary N) is 1. The molecule has 0 unspecified atom stereocenters. The van der Waals surface area contributed by atoms with Crippen LogP contribution in [0, 0.1) is 17.1 Å². The highest BCUT2D eigenvalue weighted by atomic mass is 35.5. The first-order valence-electron chi connectivity index (χ1n) is 6.89. The second-order valence-corrected chi connectivity index (χ2v) is 6.96. The predicted octanol–water partition coefficient (Wildman–Crippen LogP) is 2.85. The Balaban J connectivity index is 2.36. The average molecular weight is 377 g/mol. The van der Waals surface area contributed by atoms with E-state index >= 15 is 0 Å². The molecule has 0 aliphatic carbocycles. The summed E-state index contributed by atoms with van der Waals surface area (Å²) >= 11 is 6.24. The molecule has 6 nitrogen and oxygen atoms in total. The van der Waals surface area contributed by atoms with Crippen LogP contribution in [0.1, 0.15) is 5.69 Å². The van der Waals surface area contributed by atoms with E-state index in [1.54, 1.807) is 6.07 Å². The minimum absolute atomic E-state index is 0.0262. The number of nitriles is 1. The molecular formula is C16H10ClFN4O2S. The van der Waals surface area contributed by atoms with Gasteiger partial charge in [0.15, 0.2) is 5.69 Å². The quantitative estimate of drug-likeness (QED) is 0.759. The summed E-state index contributed by atoms with van der Waals surface area (Å²) in [4.78, 5) is -0.179. The van der Waals surface area contributed by atoms with Crippen LogP contribution >= 0.6 is 11.6 Å². The fourth-order valence-corrected chi connectivity index (χ4v) is 3.36. The van der Waals surface area contributed by atoms with Crippen LogP contribution in [0.4, 0.5) is 4.39 Å². The third-order valence-electron chi connectivity index (χ3n) is 3.45. The lowest BCUT2D eigenvalue weighted by Crippen LogP contribution is -2.16. The van der Waals surface area contributed by atoms with E-state index in [1.807, 2.05) is 6.07 Å². The number of para-hydroxylation sites is 1. The number of benzene rings is 2. The summed E-state index contributed by atoms with van der Waals surface area (Å²) < 4.78 is 38.2. The summed E-state index contributed by atoms with van der Waals surface area (Å²) in [7, 11) is -4.04. The van der Waals surface area contributed by atoms with Gasteiger partial charge in [0.25, 0.3) is 0 Å². The maximum atomic E-state index is 13.2. The number of halogens is 2. The molecule has 126 valence electrons. The fraction of sp³-hybridized carbons (Fsp3) is 0. The maximum absolute atomic E-state index is 13.2. The molecule has 3 aromatic rings. The van der Waals surface area contributed by atoms with E-state index in [9.17, 15) is 18.1 Å². The van der Waals surface area contributed by atoms with Crippen LogP contribution in [0.15, 0.2) is 53.4 Å². The molecule has 0 amide bonds. The Morgan fingerprint density at radius 2 is 1.80 bits per heavy atom. The van der Waals surface area contributed by atoms with Gasteiger partial charge in [0.1, 0.15) is 21.8 Å². The molecule has 25 heavy (non-hydrogen) atoms. The minimum atomic E-state index is -4.04. The highest BCUT2D eigenvalue weighted by molar-refractivity contribution is 7.89. The van der Waals surface area contributed by atoms with E-state index in [0.717, 1.165) is 0 Å².